The Morgan fingerprint density at radius 3 is 2.72 bits per heavy atom. The summed E-state index contributed by atoms with van der Waals surface area (Å²) >= 11 is 0. The molecule has 2 aliphatic rings. The number of benzene rings is 1. The van der Waals surface area contributed by atoms with Gasteiger partial charge < -0.3 is 19.0 Å². The fourth-order valence-electron chi connectivity index (χ4n) is 4.74. The Hall–Kier alpha value is -3.45. The van der Waals surface area contributed by atoms with Gasteiger partial charge in [0.15, 0.2) is 11.4 Å². The lowest BCUT2D eigenvalue weighted by Gasteiger charge is -2.41. The number of carbonyl (C=O) groups is 2. The monoisotopic (exact) mass is 431 g/mol. The lowest BCUT2D eigenvalue weighted by molar-refractivity contribution is -0.160. The molecule has 0 bridgehead atoms. The van der Waals surface area contributed by atoms with Crippen LogP contribution in [0.25, 0.3) is 0 Å². The number of rotatable bonds is 4. The number of ether oxygens (including phenoxy) is 1. The van der Waals surface area contributed by atoms with Gasteiger partial charge in [0.05, 0.1) is 13.2 Å². The minimum atomic E-state index is -1.13. The minimum Gasteiger partial charge on any atom is -0.456 e. The van der Waals surface area contributed by atoms with Crippen molar-refractivity contribution in [3.8, 4) is 0 Å². The molecule has 0 radical (unpaired) electrons. The van der Waals surface area contributed by atoms with Crippen molar-refractivity contribution in [2.45, 2.75) is 25.0 Å². The molecule has 7 nitrogen and oxygen atoms in total. The Morgan fingerprint density at radius 1 is 1.16 bits per heavy atom. The molecule has 2 atom stereocenters. The van der Waals surface area contributed by atoms with Gasteiger partial charge in [0.2, 0.25) is 0 Å². The topological polar surface area (TPSA) is 75.9 Å². The molecule has 0 aliphatic carbocycles. The summed E-state index contributed by atoms with van der Waals surface area (Å²) < 4.78 is 11.8. The Kier molecular flexibility index (Phi) is 5.27. The van der Waals surface area contributed by atoms with E-state index in [2.05, 4.69) is 4.98 Å². The molecule has 2 fully saturated rings. The summed E-state index contributed by atoms with van der Waals surface area (Å²) in [6.45, 7) is 3.67. The minimum absolute atomic E-state index is 0.0941. The fourth-order valence-corrected chi connectivity index (χ4v) is 4.74. The molecule has 1 spiro atoms. The number of likely N-dealkylation sites (tertiary alicyclic amines) is 1. The zero-order chi connectivity index (χ0) is 22.1. The van der Waals surface area contributed by atoms with Crippen LogP contribution in [0.5, 0.6) is 0 Å². The number of aryl methyl sites for hydroxylation is 1. The van der Waals surface area contributed by atoms with E-state index in [1.807, 2.05) is 47.4 Å². The van der Waals surface area contributed by atoms with Crippen LogP contribution < -0.4 is 0 Å². The van der Waals surface area contributed by atoms with Crippen molar-refractivity contribution in [1.29, 1.82) is 0 Å². The van der Waals surface area contributed by atoms with Gasteiger partial charge in [0, 0.05) is 37.9 Å². The van der Waals surface area contributed by atoms with Crippen LogP contribution in [0.3, 0.4) is 0 Å². The Bertz CT molecular complexity index is 1110. The molecule has 32 heavy (non-hydrogen) atoms. The Morgan fingerprint density at radius 2 is 2.00 bits per heavy atom. The van der Waals surface area contributed by atoms with Gasteiger partial charge in [-0.1, -0.05) is 36.4 Å². The van der Waals surface area contributed by atoms with Crippen molar-refractivity contribution >= 4 is 11.8 Å². The quantitative estimate of drug-likeness (QED) is 0.635. The normalized spacial score (nSPS) is 23.2. The van der Waals surface area contributed by atoms with E-state index < -0.39 is 5.60 Å². The maximum absolute atomic E-state index is 13.8. The third kappa shape index (κ3) is 3.58. The van der Waals surface area contributed by atoms with Crippen LogP contribution in [0, 0.1) is 6.92 Å². The van der Waals surface area contributed by atoms with E-state index in [-0.39, 0.29) is 30.0 Å². The average molecular weight is 431 g/mol. The molecule has 2 aromatic heterocycles. The molecule has 7 heteroatoms. The van der Waals surface area contributed by atoms with Crippen molar-refractivity contribution in [3.05, 3.63) is 89.6 Å². The number of carbonyl (C=O) groups excluding carboxylic acids is 2. The summed E-state index contributed by atoms with van der Waals surface area (Å²) in [6.07, 6.45) is 3.49. The first-order valence-corrected chi connectivity index (χ1v) is 10.8. The van der Waals surface area contributed by atoms with Crippen LogP contribution in [0.2, 0.25) is 0 Å². The van der Waals surface area contributed by atoms with Gasteiger partial charge in [-0.3, -0.25) is 14.6 Å². The standard InChI is InChI=1S/C25H25N3O4/c1-18-9-10-22(32-18)23(29)27-12-13-31-25(17-27)21(20-7-3-2-4-8-20)16-28(24(25)30)15-19-6-5-11-26-14-19/h2-11,14,21H,12-13,15-17H2,1H3. The van der Waals surface area contributed by atoms with Crippen LogP contribution in [0.1, 0.15) is 33.4 Å². The molecule has 3 aromatic rings. The first-order chi connectivity index (χ1) is 15.6. The van der Waals surface area contributed by atoms with Crippen molar-refractivity contribution < 1.29 is 18.7 Å². The maximum atomic E-state index is 13.8. The second kappa shape index (κ2) is 8.24. The molecule has 5 rings (SSSR count). The summed E-state index contributed by atoms with van der Waals surface area (Å²) in [5.74, 6) is 0.461. The number of aromatic nitrogens is 1. The maximum Gasteiger partial charge on any atom is 0.289 e. The molecule has 4 heterocycles. The van der Waals surface area contributed by atoms with Gasteiger partial charge in [0.25, 0.3) is 11.8 Å². The molecule has 0 N–H and O–H groups in total. The van der Waals surface area contributed by atoms with Crippen LogP contribution in [-0.4, -0.2) is 58.4 Å². The molecular weight excluding hydrogens is 406 g/mol. The SMILES string of the molecule is Cc1ccc(C(=O)N2CCOC3(C2)C(=O)N(Cc2cccnc2)CC3c2ccccc2)o1. The largest absolute Gasteiger partial charge is 0.456 e. The third-order valence-electron chi connectivity index (χ3n) is 6.30. The molecule has 2 unspecified atom stereocenters. The van der Waals surface area contributed by atoms with Crippen molar-refractivity contribution in [1.82, 2.24) is 14.8 Å². The van der Waals surface area contributed by atoms with Gasteiger partial charge in [-0.25, -0.2) is 0 Å². The van der Waals surface area contributed by atoms with Crippen LogP contribution in [0.4, 0.5) is 0 Å². The van der Waals surface area contributed by atoms with Crippen LogP contribution in [-0.2, 0) is 16.1 Å². The fraction of sp³-hybridized carbons (Fsp3) is 0.320. The zero-order valence-corrected chi connectivity index (χ0v) is 17.9. The smallest absolute Gasteiger partial charge is 0.289 e. The first-order valence-electron chi connectivity index (χ1n) is 10.8. The van der Waals surface area contributed by atoms with Crippen molar-refractivity contribution in [2.75, 3.05) is 26.2 Å². The van der Waals surface area contributed by atoms with Gasteiger partial charge in [-0.2, -0.15) is 0 Å². The van der Waals surface area contributed by atoms with Crippen molar-refractivity contribution in [2.24, 2.45) is 0 Å². The summed E-state index contributed by atoms with van der Waals surface area (Å²) in [6, 6.07) is 17.2. The summed E-state index contributed by atoms with van der Waals surface area (Å²) in [7, 11) is 0. The van der Waals surface area contributed by atoms with Gasteiger partial charge in [-0.15, -0.1) is 0 Å². The number of furan rings is 1. The van der Waals surface area contributed by atoms with E-state index in [0.29, 0.717) is 32.0 Å². The van der Waals surface area contributed by atoms with E-state index in [1.165, 1.54) is 0 Å². The van der Waals surface area contributed by atoms with E-state index in [4.69, 9.17) is 9.15 Å². The highest BCUT2D eigenvalue weighted by molar-refractivity contribution is 5.94. The second-order valence-electron chi connectivity index (χ2n) is 8.39. The molecule has 2 amide bonds. The molecule has 2 saturated heterocycles. The lowest BCUT2D eigenvalue weighted by atomic mass is 9.83. The highest BCUT2D eigenvalue weighted by Gasteiger charge is 2.58. The summed E-state index contributed by atoms with van der Waals surface area (Å²) in [5.41, 5.74) is 0.858. The molecular formula is C25H25N3O4. The average Bonchev–Trinajstić information content (AvgIpc) is 3.37. The Labute approximate surface area is 186 Å². The van der Waals surface area contributed by atoms with E-state index in [9.17, 15) is 9.59 Å². The lowest BCUT2D eigenvalue weighted by Crippen LogP contribution is -2.59. The number of hydrogen-bond donors (Lipinski definition) is 0. The van der Waals surface area contributed by atoms with E-state index in [0.717, 1.165) is 11.1 Å². The number of pyridine rings is 1. The number of hydrogen-bond acceptors (Lipinski definition) is 5. The Balaban J connectivity index is 1.48. The van der Waals surface area contributed by atoms with Crippen LogP contribution >= 0.6 is 0 Å². The number of nitrogens with zero attached hydrogens (tertiary/aromatic N) is 3. The van der Waals surface area contributed by atoms with Gasteiger partial charge in [0.1, 0.15) is 5.76 Å². The number of morpholine rings is 1. The molecule has 2 aliphatic heterocycles. The third-order valence-corrected chi connectivity index (χ3v) is 6.30. The van der Waals surface area contributed by atoms with E-state index >= 15 is 0 Å². The highest BCUT2D eigenvalue weighted by Crippen LogP contribution is 2.42. The second-order valence-corrected chi connectivity index (χ2v) is 8.39. The van der Waals surface area contributed by atoms with Crippen molar-refractivity contribution in [3.63, 3.8) is 0 Å². The predicted molar refractivity (Wildman–Crippen MR) is 117 cm³/mol. The molecule has 1 aromatic carbocycles. The first kappa shape index (κ1) is 20.5. The van der Waals surface area contributed by atoms with Gasteiger partial charge in [-0.05, 0) is 36.2 Å². The predicted octanol–water partition coefficient (Wildman–Crippen LogP) is 3.02. The zero-order valence-electron chi connectivity index (χ0n) is 17.9. The molecule has 164 valence electrons. The highest BCUT2D eigenvalue weighted by atomic mass is 16.5. The summed E-state index contributed by atoms with van der Waals surface area (Å²) in [4.78, 5) is 34.6. The van der Waals surface area contributed by atoms with Gasteiger partial charge >= 0.3 is 0 Å². The molecule has 0 saturated carbocycles. The number of amides is 2. The van der Waals surface area contributed by atoms with Crippen LogP contribution in [0.15, 0.2) is 71.4 Å². The van der Waals surface area contributed by atoms with E-state index in [1.54, 1.807) is 36.4 Å². The summed E-state index contributed by atoms with van der Waals surface area (Å²) in [5, 5.41) is 0.